The fourth-order valence-corrected chi connectivity index (χ4v) is 6.15. The number of alkyl halides is 4. The summed E-state index contributed by atoms with van der Waals surface area (Å²) in [4.78, 5) is 27.3. The average molecular weight is 646 g/mol. The van der Waals surface area contributed by atoms with Gasteiger partial charge in [0.2, 0.25) is 0 Å². The summed E-state index contributed by atoms with van der Waals surface area (Å²) in [5, 5.41) is 2.78. The van der Waals surface area contributed by atoms with E-state index in [9.17, 15) is 35.6 Å². The van der Waals surface area contributed by atoms with Gasteiger partial charge in [-0.15, -0.1) is 0 Å². The van der Waals surface area contributed by atoms with Crippen LogP contribution in [0.15, 0.2) is 71.6 Å². The van der Waals surface area contributed by atoms with Gasteiger partial charge in [0.1, 0.15) is 11.5 Å². The van der Waals surface area contributed by atoms with Crippen LogP contribution in [-0.4, -0.2) is 40.1 Å². The first-order chi connectivity index (χ1) is 21.3. The minimum Gasteiger partial charge on any atom is -0.434 e. The number of amides is 3. The quantitative estimate of drug-likeness (QED) is 0.203. The summed E-state index contributed by atoms with van der Waals surface area (Å²) in [6.07, 6.45) is 0.318. The van der Waals surface area contributed by atoms with Gasteiger partial charge in [0.05, 0.1) is 17.0 Å². The number of sulfonamides is 1. The SMILES string of the molecule is Cc1ccc(S(=O)(=O)NC(=O)NCCc2ccc(N3Cc4c(OC(F)F)cc5cccc(OC(F)F)c5c4C3=O)c(C)c2)cc1. The Labute approximate surface area is 255 Å². The summed E-state index contributed by atoms with van der Waals surface area (Å²) >= 11 is 0. The largest absolute Gasteiger partial charge is 0.434 e. The molecule has 0 saturated carbocycles. The number of hydrogen-bond acceptors (Lipinski definition) is 6. The molecule has 1 heterocycles. The van der Waals surface area contributed by atoms with E-state index in [-0.39, 0.29) is 51.4 Å². The summed E-state index contributed by atoms with van der Waals surface area (Å²) in [5.74, 6) is -1.13. The highest BCUT2D eigenvalue weighted by Crippen LogP contribution is 2.43. The van der Waals surface area contributed by atoms with Crippen LogP contribution in [0.25, 0.3) is 10.8 Å². The molecule has 1 aliphatic rings. The van der Waals surface area contributed by atoms with E-state index in [1.165, 1.54) is 41.3 Å². The maximum Gasteiger partial charge on any atom is 0.387 e. The number of hydrogen-bond donors (Lipinski definition) is 2. The Kier molecular flexibility index (Phi) is 8.87. The summed E-state index contributed by atoms with van der Waals surface area (Å²) in [7, 11) is -4.05. The molecule has 4 aromatic rings. The number of carbonyl (C=O) groups is 2. The smallest absolute Gasteiger partial charge is 0.387 e. The van der Waals surface area contributed by atoms with E-state index in [4.69, 9.17) is 4.74 Å². The van der Waals surface area contributed by atoms with E-state index in [1.807, 2.05) is 4.72 Å². The molecule has 0 bridgehead atoms. The molecule has 1 aliphatic heterocycles. The van der Waals surface area contributed by atoms with Gasteiger partial charge in [-0.05, 0) is 67.1 Å². The molecular formula is C31H27F4N3O6S. The molecule has 5 rings (SSSR count). The van der Waals surface area contributed by atoms with Crippen LogP contribution < -0.4 is 24.4 Å². The van der Waals surface area contributed by atoms with Crippen LogP contribution in [0.2, 0.25) is 0 Å². The van der Waals surface area contributed by atoms with Crippen molar-refractivity contribution in [2.45, 2.75) is 44.9 Å². The molecule has 0 radical (unpaired) electrons. The highest BCUT2D eigenvalue weighted by molar-refractivity contribution is 7.90. The van der Waals surface area contributed by atoms with Crippen LogP contribution in [0.5, 0.6) is 11.5 Å². The predicted octanol–water partition coefficient (Wildman–Crippen LogP) is 6.05. The molecule has 0 aromatic heterocycles. The average Bonchev–Trinajstić information content (AvgIpc) is 3.29. The maximum absolute atomic E-state index is 13.7. The molecule has 0 spiro atoms. The molecule has 0 aliphatic carbocycles. The van der Waals surface area contributed by atoms with Crippen LogP contribution >= 0.6 is 0 Å². The van der Waals surface area contributed by atoms with Crippen molar-refractivity contribution in [2.75, 3.05) is 11.4 Å². The zero-order valence-corrected chi connectivity index (χ0v) is 24.8. The molecule has 3 amide bonds. The molecule has 0 unspecified atom stereocenters. The number of benzene rings is 4. The first-order valence-corrected chi connectivity index (χ1v) is 15.1. The van der Waals surface area contributed by atoms with Crippen molar-refractivity contribution in [2.24, 2.45) is 0 Å². The van der Waals surface area contributed by atoms with Crippen LogP contribution in [0.4, 0.5) is 28.0 Å². The normalized spacial score (nSPS) is 13.0. The van der Waals surface area contributed by atoms with E-state index >= 15 is 0 Å². The number of aryl methyl sites for hydroxylation is 2. The third-order valence-corrected chi connectivity index (χ3v) is 8.56. The maximum atomic E-state index is 13.7. The summed E-state index contributed by atoms with van der Waals surface area (Å²) in [5.41, 5.74) is 2.73. The topological polar surface area (TPSA) is 114 Å². The molecule has 0 saturated heterocycles. The highest BCUT2D eigenvalue weighted by Gasteiger charge is 2.36. The van der Waals surface area contributed by atoms with Crippen molar-refractivity contribution < 1.29 is 45.0 Å². The van der Waals surface area contributed by atoms with Crippen LogP contribution in [0, 0.1) is 13.8 Å². The lowest BCUT2D eigenvalue weighted by molar-refractivity contribution is -0.0503. The second kappa shape index (κ2) is 12.6. The Hall–Kier alpha value is -4.85. The first kappa shape index (κ1) is 31.6. The van der Waals surface area contributed by atoms with Gasteiger partial charge in [0.25, 0.3) is 15.9 Å². The van der Waals surface area contributed by atoms with Crippen LogP contribution in [0.1, 0.15) is 32.6 Å². The number of ether oxygens (including phenoxy) is 2. The Balaban J connectivity index is 1.32. The zero-order chi connectivity index (χ0) is 32.5. The molecule has 0 fully saturated rings. The number of nitrogens with one attached hydrogen (secondary N) is 2. The number of halogens is 4. The lowest BCUT2D eigenvalue weighted by atomic mass is 9.98. The predicted molar refractivity (Wildman–Crippen MR) is 158 cm³/mol. The summed E-state index contributed by atoms with van der Waals surface area (Å²) < 4.78 is 89.1. The lowest BCUT2D eigenvalue weighted by Gasteiger charge is -2.19. The number of fused-ring (bicyclic) bond motifs is 3. The van der Waals surface area contributed by atoms with Crippen LogP contribution in [0.3, 0.4) is 0 Å². The molecule has 0 atom stereocenters. The molecular weight excluding hydrogens is 618 g/mol. The van der Waals surface area contributed by atoms with E-state index in [1.54, 1.807) is 44.2 Å². The molecule has 14 heteroatoms. The Morgan fingerprint density at radius 2 is 1.62 bits per heavy atom. The van der Waals surface area contributed by atoms with Gasteiger partial charge in [-0.1, -0.05) is 42.0 Å². The summed E-state index contributed by atoms with van der Waals surface area (Å²) in [6, 6.07) is 15.6. The molecule has 2 N–H and O–H groups in total. The second-order valence-electron chi connectivity index (χ2n) is 10.3. The van der Waals surface area contributed by atoms with E-state index in [2.05, 4.69) is 10.1 Å². The Morgan fingerprint density at radius 3 is 2.29 bits per heavy atom. The minimum absolute atomic E-state index is 0.0493. The van der Waals surface area contributed by atoms with Crippen LogP contribution in [-0.2, 0) is 23.0 Å². The van der Waals surface area contributed by atoms with Gasteiger partial charge in [-0.25, -0.2) is 17.9 Å². The molecule has 9 nitrogen and oxygen atoms in total. The lowest BCUT2D eigenvalue weighted by Crippen LogP contribution is -2.40. The van der Waals surface area contributed by atoms with Crippen molar-refractivity contribution in [3.8, 4) is 11.5 Å². The van der Waals surface area contributed by atoms with Crippen molar-refractivity contribution >= 4 is 38.4 Å². The van der Waals surface area contributed by atoms with Gasteiger partial charge < -0.3 is 19.7 Å². The minimum atomic E-state index is -4.05. The monoisotopic (exact) mass is 645 g/mol. The van der Waals surface area contributed by atoms with Gasteiger partial charge in [0, 0.05) is 23.2 Å². The summed E-state index contributed by atoms with van der Waals surface area (Å²) in [6.45, 7) is -2.90. The van der Waals surface area contributed by atoms with Crippen molar-refractivity contribution in [3.05, 3.63) is 94.5 Å². The number of nitrogens with zero attached hydrogens (tertiary/aromatic N) is 1. The third kappa shape index (κ3) is 6.80. The third-order valence-electron chi connectivity index (χ3n) is 7.21. The molecule has 45 heavy (non-hydrogen) atoms. The number of urea groups is 1. The Bertz CT molecular complexity index is 1890. The van der Waals surface area contributed by atoms with Crippen molar-refractivity contribution in [3.63, 3.8) is 0 Å². The van der Waals surface area contributed by atoms with Crippen molar-refractivity contribution in [1.29, 1.82) is 0 Å². The zero-order valence-electron chi connectivity index (χ0n) is 23.9. The van der Waals surface area contributed by atoms with Crippen molar-refractivity contribution in [1.82, 2.24) is 10.0 Å². The van der Waals surface area contributed by atoms with Gasteiger partial charge in [-0.2, -0.15) is 17.6 Å². The fraction of sp³-hybridized carbons (Fsp3) is 0.226. The van der Waals surface area contributed by atoms with Gasteiger partial charge >= 0.3 is 19.3 Å². The fourth-order valence-electron chi connectivity index (χ4n) is 5.22. The first-order valence-electron chi connectivity index (χ1n) is 13.6. The van der Waals surface area contributed by atoms with E-state index in [0.29, 0.717) is 17.7 Å². The Morgan fingerprint density at radius 1 is 0.933 bits per heavy atom. The van der Waals surface area contributed by atoms with E-state index in [0.717, 1.165) is 11.1 Å². The molecule has 4 aromatic carbocycles. The second-order valence-corrected chi connectivity index (χ2v) is 12.0. The van der Waals surface area contributed by atoms with Gasteiger partial charge in [0.15, 0.2) is 0 Å². The standard InChI is InChI=1S/C31H27F4N3O6S/c1-17-6-9-21(10-7-17)45(41,42)37-31(40)36-13-12-19-8-11-23(18(2)14-19)38-16-22-25(44-30(34)35)15-20-4-3-5-24(43-29(32)33)26(20)27(22)28(38)39/h3-11,14-15,29-30H,12-13,16H2,1-2H3,(H2,36,37,40). The number of anilines is 1. The highest BCUT2D eigenvalue weighted by atomic mass is 32.2. The van der Waals surface area contributed by atoms with E-state index < -0.39 is 35.2 Å². The molecule has 236 valence electrons. The van der Waals surface area contributed by atoms with Gasteiger partial charge in [-0.3, -0.25) is 4.79 Å². The number of rotatable bonds is 10. The number of carbonyl (C=O) groups excluding carboxylic acids is 2.